The molecule has 0 aliphatic rings. The number of hydrogen-bond donors (Lipinski definition) is 2. The van der Waals surface area contributed by atoms with Crippen LogP contribution in [0.25, 0.3) is 0 Å². The van der Waals surface area contributed by atoms with Gasteiger partial charge in [-0.15, -0.1) is 0 Å². The van der Waals surface area contributed by atoms with Gasteiger partial charge < -0.3 is 11.1 Å². The summed E-state index contributed by atoms with van der Waals surface area (Å²) in [4.78, 5) is 24.7. The summed E-state index contributed by atoms with van der Waals surface area (Å²) in [6.07, 6.45) is 0.134. The van der Waals surface area contributed by atoms with Gasteiger partial charge in [0, 0.05) is 6.42 Å². The summed E-state index contributed by atoms with van der Waals surface area (Å²) >= 11 is 0. The van der Waals surface area contributed by atoms with Crippen LogP contribution < -0.4 is 11.1 Å². The zero-order valence-electron chi connectivity index (χ0n) is 14.1. The second-order valence-electron chi connectivity index (χ2n) is 5.98. The fraction of sp³-hybridized carbons (Fsp3) is 0.250. The first-order chi connectivity index (χ1) is 12.0. The number of carbonyl (C=O) groups is 2. The Labute approximate surface area is 147 Å². The molecule has 0 unspecified atom stereocenters. The highest BCUT2D eigenvalue weighted by Gasteiger charge is 2.29. The summed E-state index contributed by atoms with van der Waals surface area (Å²) in [5, 5.41) is 11.6. The lowest BCUT2D eigenvalue weighted by Crippen LogP contribution is -2.49. The van der Waals surface area contributed by atoms with Crippen LogP contribution in [-0.2, 0) is 9.59 Å². The van der Waals surface area contributed by atoms with E-state index in [-0.39, 0.29) is 18.2 Å². The number of nitrogens with two attached hydrogens (primary N) is 1. The third-order valence-electron chi connectivity index (χ3n) is 4.11. The van der Waals surface area contributed by atoms with Crippen molar-refractivity contribution in [3.05, 3.63) is 71.8 Å². The minimum Gasteiger partial charge on any atom is -0.368 e. The first-order valence-electron chi connectivity index (χ1n) is 8.11. The highest BCUT2D eigenvalue weighted by molar-refractivity contribution is 5.92. The van der Waals surface area contributed by atoms with E-state index in [1.807, 2.05) is 66.7 Å². The Balaban J connectivity index is 2.33. The minimum absolute atomic E-state index is 0.134. The van der Waals surface area contributed by atoms with Crippen LogP contribution >= 0.6 is 0 Å². The van der Waals surface area contributed by atoms with Crippen molar-refractivity contribution in [2.24, 2.45) is 11.7 Å². The van der Waals surface area contributed by atoms with Crippen molar-refractivity contribution in [1.29, 1.82) is 5.26 Å². The monoisotopic (exact) mass is 335 g/mol. The first kappa shape index (κ1) is 18.2. The third kappa shape index (κ3) is 4.67. The molecule has 0 spiro atoms. The summed E-state index contributed by atoms with van der Waals surface area (Å²) < 4.78 is 0. The average Bonchev–Trinajstić information content (AvgIpc) is 2.61. The molecule has 2 rings (SSSR count). The molecule has 0 aliphatic heterocycles. The van der Waals surface area contributed by atoms with Gasteiger partial charge in [0.15, 0.2) is 0 Å². The number of hydrogen-bond acceptors (Lipinski definition) is 3. The van der Waals surface area contributed by atoms with Crippen molar-refractivity contribution >= 4 is 11.8 Å². The van der Waals surface area contributed by atoms with Crippen LogP contribution in [-0.4, -0.2) is 17.9 Å². The Hall–Kier alpha value is -3.13. The maximum Gasteiger partial charge on any atom is 0.240 e. The van der Waals surface area contributed by atoms with Crippen molar-refractivity contribution in [3.63, 3.8) is 0 Å². The molecule has 3 N–H and O–H groups in total. The molecule has 2 aromatic carbocycles. The lowest BCUT2D eigenvalue weighted by atomic mass is 9.89. The largest absolute Gasteiger partial charge is 0.368 e. The zero-order valence-corrected chi connectivity index (χ0v) is 14.1. The molecule has 0 radical (unpaired) electrons. The van der Waals surface area contributed by atoms with E-state index in [0.29, 0.717) is 0 Å². The SMILES string of the molecule is C[C@@H](CC#N)[C@H](NC(=O)C(c1ccccc1)c1ccccc1)C(N)=O. The summed E-state index contributed by atoms with van der Waals surface area (Å²) in [5.41, 5.74) is 7.07. The lowest BCUT2D eigenvalue weighted by molar-refractivity contribution is -0.128. The maximum atomic E-state index is 13.0. The number of benzene rings is 2. The Morgan fingerprint density at radius 3 is 1.92 bits per heavy atom. The van der Waals surface area contributed by atoms with E-state index in [9.17, 15) is 9.59 Å². The molecule has 0 aliphatic carbocycles. The summed E-state index contributed by atoms with van der Waals surface area (Å²) in [6, 6.07) is 19.8. The van der Waals surface area contributed by atoms with E-state index >= 15 is 0 Å². The van der Waals surface area contributed by atoms with Crippen molar-refractivity contribution in [1.82, 2.24) is 5.32 Å². The molecule has 0 aromatic heterocycles. The molecule has 2 aromatic rings. The average molecular weight is 335 g/mol. The molecule has 128 valence electrons. The molecular formula is C20H21N3O2. The Morgan fingerprint density at radius 2 is 1.52 bits per heavy atom. The molecule has 2 atom stereocenters. The second kappa shape index (κ2) is 8.65. The predicted octanol–water partition coefficient (Wildman–Crippen LogP) is 2.34. The first-order valence-corrected chi connectivity index (χ1v) is 8.11. The lowest BCUT2D eigenvalue weighted by Gasteiger charge is -2.24. The Bertz CT molecular complexity index is 714. The Kier molecular flexibility index (Phi) is 6.30. The number of amides is 2. The van der Waals surface area contributed by atoms with Crippen LogP contribution in [0.4, 0.5) is 0 Å². The molecule has 0 heterocycles. The zero-order chi connectivity index (χ0) is 18.2. The van der Waals surface area contributed by atoms with Crippen LogP contribution in [0.1, 0.15) is 30.4 Å². The van der Waals surface area contributed by atoms with Crippen LogP contribution in [0.2, 0.25) is 0 Å². The van der Waals surface area contributed by atoms with Gasteiger partial charge >= 0.3 is 0 Å². The van der Waals surface area contributed by atoms with Crippen molar-refractivity contribution < 1.29 is 9.59 Å². The van der Waals surface area contributed by atoms with E-state index in [1.165, 1.54) is 0 Å². The minimum atomic E-state index is -0.887. The van der Waals surface area contributed by atoms with Crippen molar-refractivity contribution in [2.45, 2.75) is 25.3 Å². The van der Waals surface area contributed by atoms with Crippen molar-refractivity contribution in [2.75, 3.05) is 0 Å². The molecule has 25 heavy (non-hydrogen) atoms. The van der Waals surface area contributed by atoms with Gasteiger partial charge in [-0.05, 0) is 17.0 Å². The third-order valence-corrected chi connectivity index (χ3v) is 4.11. The molecule has 0 saturated carbocycles. The summed E-state index contributed by atoms with van der Waals surface area (Å²) in [7, 11) is 0. The molecule has 5 heteroatoms. The summed E-state index contributed by atoms with van der Waals surface area (Å²) in [6.45, 7) is 1.72. The van der Waals surface area contributed by atoms with Gasteiger partial charge in [-0.3, -0.25) is 9.59 Å². The smallest absolute Gasteiger partial charge is 0.240 e. The number of nitriles is 1. The van der Waals surface area contributed by atoms with E-state index in [4.69, 9.17) is 11.0 Å². The van der Waals surface area contributed by atoms with Crippen LogP contribution in [0.15, 0.2) is 60.7 Å². The summed E-state index contributed by atoms with van der Waals surface area (Å²) in [5.74, 6) is -1.88. The molecular weight excluding hydrogens is 314 g/mol. The van der Waals surface area contributed by atoms with Crippen LogP contribution in [0.5, 0.6) is 0 Å². The number of nitrogens with one attached hydrogen (secondary N) is 1. The van der Waals surface area contributed by atoms with E-state index in [2.05, 4.69) is 5.32 Å². The highest BCUT2D eigenvalue weighted by atomic mass is 16.2. The molecule has 0 fully saturated rings. The normalized spacial score (nSPS) is 12.8. The quantitative estimate of drug-likeness (QED) is 0.813. The van der Waals surface area contributed by atoms with Gasteiger partial charge in [0.2, 0.25) is 11.8 Å². The fourth-order valence-electron chi connectivity index (χ4n) is 2.78. The van der Waals surface area contributed by atoms with E-state index in [0.717, 1.165) is 11.1 Å². The van der Waals surface area contributed by atoms with E-state index in [1.54, 1.807) is 6.92 Å². The van der Waals surface area contributed by atoms with Gasteiger partial charge in [0.1, 0.15) is 6.04 Å². The van der Waals surface area contributed by atoms with Gasteiger partial charge in [-0.25, -0.2) is 0 Å². The van der Waals surface area contributed by atoms with Gasteiger partial charge in [0.05, 0.1) is 12.0 Å². The van der Waals surface area contributed by atoms with Crippen LogP contribution in [0.3, 0.4) is 0 Å². The van der Waals surface area contributed by atoms with E-state index < -0.39 is 17.9 Å². The second-order valence-corrected chi connectivity index (χ2v) is 5.98. The number of carbonyl (C=O) groups excluding carboxylic acids is 2. The van der Waals surface area contributed by atoms with Gasteiger partial charge in [0.25, 0.3) is 0 Å². The van der Waals surface area contributed by atoms with Gasteiger partial charge in [-0.1, -0.05) is 67.6 Å². The van der Waals surface area contributed by atoms with Crippen LogP contribution in [0, 0.1) is 17.2 Å². The van der Waals surface area contributed by atoms with Crippen molar-refractivity contribution in [3.8, 4) is 6.07 Å². The standard InChI is InChI=1S/C20H21N3O2/c1-14(12-13-21)18(19(22)24)23-20(25)17(15-8-4-2-5-9-15)16-10-6-3-7-11-16/h2-11,14,17-18H,12H2,1H3,(H2,22,24)(H,23,25)/t14-,18-/m0/s1. The molecule has 0 bridgehead atoms. The number of nitrogens with zero attached hydrogens (tertiary/aromatic N) is 1. The number of primary amides is 1. The Morgan fingerprint density at radius 1 is 1.04 bits per heavy atom. The highest BCUT2D eigenvalue weighted by Crippen LogP contribution is 2.25. The van der Waals surface area contributed by atoms with Gasteiger partial charge in [-0.2, -0.15) is 5.26 Å². The fourth-order valence-corrected chi connectivity index (χ4v) is 2.78. The number of rotatable bonds is 7. The molecule has 0 saturated heterocycles. The predicted molar refractivity (Wildman–Crippen MR) is 95.2 cm³/mol. The maximum absolute atomic E-state index is 13.0. The topological polar surface area (TPSA) is 96.0 Å². The molecule has 2 amide bonds. The molecule has 5 nitrogen and oxygen atoms in total.